The minimum Gasteiger partial charge on any atom is -0.456 e. The van der Waals surface area contributed by atoms with Gasteiger partial charge in [-0.15, -0.1) is 22.7 Å². The molecular weight excluding hydrogens is 326 g/mol. The number of ether oxygens (including phenoxy) is 1. The zero-order chi connectivity index (χ0) is 15.8. The van der Waals surface area contributed by atoms with Crippen LogP contribution in [0.5, 0.6) is 0 Å². The third-order valence-corrected chi connectivity index (χ3v) is 5.54. The van der Waals surface area contributed by atoms with E-state index in [9.17, 15) is 4.79 Å². The molecule has 0 radical (unpaired) electrons. The van der Waals surface area contributed by atoms with Crippen LogP contribution in [0.4, 0.5) is 5.69 Å². The van der Waals surface area contributed by atoms with Crippen LogP contribution in [0.2, 0.25) is 5.02 Å². The molecular formula is C15H18ClNO2S2. The van der Waals surface area contributed by atoms with E-state index < -0.39 is 5.60 Å². The van der Waals surface area contributed by atoms with Gasteiger partial charge in [-0.1, -0.05) is 18.5 Å². The number of halogens is 1. The van der Waals surface area contributed by atoms with Gasteiger partial charge in [-0.25, -0.2) is 4.79 Å². The Kier molecular flexibility index (Phi) is 4.66. The number of rotatable bonds is 3. The van der Waals surface area contributed by atoms with Crippen molar-refractivity contribution in [2.45, 2.75) is 39.7 Å². The number of hydrogen-bond donors (Lipinski definition) is 1. The van der Waals surface area contributed by atoms with E-state index in [1.165, 1.54) is 11.3 Å². The lowest BCUT2D eigenvalue weighted by atomic mass is 10.1. The van der Waals surface area contributed by atoms with Gasteiger partial charge in [0.05, 0.1) is 20.5 Å². The van der Waals surface area contributed by atoms with E-state index in [1.807, 2.05) is 39.1 Å². The summed E-state index contributed by atoms with van der Waals surface area (Å²) in [6.07, 6.45) is 0.745. The van der Waals surface area contributed by atoms with Crippen LogP contribution in [0.25, 0.3) is 9.75 Å². The summed E-state index contributed by atoms with van der Waals surface area (Å²) < 4.78 is 5.43. The van der Waals surface area contributed by atoms with Crippen LogP contribution in [0.1, 0.15) is 42.9 Å². The van der Waals surface area contributed by atoms with Gasteiger partial charge in [0.1, 0.15) is 10.5 Å². The average Bonchev–Trinajstić information content (AvgIpc) is 2.90. The zero-order valence-electron chi connectivity index (χ0n) is 12.5. The van der Waals surface area contributed by atoms with Gasteiger partial charge in [-0.3, -0.25) is 0 Å². The first-order chi connectivity index (χ1) is 9.74. The Hall–Kier alpha value is -1.04. The Bertz CT molecular complexity index is 668. The van der Waals surface area contributed by atoms with Crippen molar-refractivity contribution in [1.82, 2.24) is 0 Å². The number of nitrogen functional groups attached to an aromatic ring is 1. The molecule has 0 saturated heterocycles. The van der Waals surface area contributed by atoms with Gasteiger partial charge in [0.2, 0.25) is 0 Å². The maximum atomic E-state index is 12.3. The van der Waals surface area contributed by atoms with E-state index in [1.54, 1.807) is 11.3 Å². The summed E-state index contributed by atoms with van der Waals surface area (Å²) in [6.45, 7) is 7.54. The van der Waals surface area contributed by atoms with Crippen molar-refractivity contribution in [1.29, 1.82) is 0 Å². The third-order valence-electron chi connectivity index (χ3n) is 2.81. The minimum atomic E-state index is -0.541. The van der Waals surface area contributed by atoms with Crippen molar-refractivity contribution in [2.24, 2.45) is 0 Å². The van der Waals surface area contributed by atoms with E-state index in [-0.39, 0.29) is 5.97 Å². The molecule has 0 bridgehead atoms. The quantitative estimate of drug-likeness (QED) is 0.776. The fourth-order valence-corrected chi connectivity index (χ4v) is 4.53. The first-order valence-corrected chi connectivity index (χ1v) is 8.69. The van der Waals surface area contributed by atoms with E-state index in [0.717, 1.165) is 21.7 Å². The number of nitrogens with two attached hydrogens (primary N) is 1. The molecule has 0 spiro atoms. The molecule has 0 unspecified atom stereocenters. The summed E-state index contributed by atoms with van der Waals surface area (Å²) in [5.41, 5.74) is 7.09. The Morgan fingerprint density at radius 2 is 2.05 bits per heavy atom. The monoisotopic (exact) mass is 343 g/mol. The van der Waals surface area contributed by atoms with Gasteiger partial charge in [-0.05, 0) is 44.2 Å². The molecule has 21 heavy (non-hydrogen) atoms. The highest BCUT2D eigenvalue weighted by molar-refractivity contribution is 7.23. The fraction of sp³-hybridized carbons (Fsp3) is 0.400. The van der Waals surface area contributed by atoms with Gasteiger partial charge in [0, 0.05) is 0 Å². The number of thiophene rings is 2. The standard InChI is InChI=1S/C15H18ClNO2S2/c1-5-8-10(17)13(14(18)19-15(2,3)4)21-11(8)12-9(16)6-7-20-12/h6-7H,5,17H2,1-4H3. The van der Waals surface area contributed by atoms with Crippen LogP contribution in [-0.2, 0) is 11.2 Å². The zero-order valence-corrected chi connectivity index (χ0v) is 14.8. The summed E-state index contributed by atoms with van der Waals surface area (Å²) in [5, 5.41) is 2.62. The minimum absolute atomic E-state index is 0.376. The lowest BCUT2D eigenvalue weighted by Gasteiger charge is -2.19. The van der Waals surface area contributed by atoms with Crippen molar-refractivity contribution in [3.63, 3.8) is 0 Å². The van der Waals surface area contributed by atoms with Gasteiger partial charge in [0.15, 0.2) is 0 Å². The second-order valence-electron chi connectivity index (χ2n) is 5.61. The molecule has 0 amide bonds. The van der Waals surface area contributed by atoms with Crippen molar-refractivity contribution < 1.29 is 9.53 Å². The van der Waals surface area contributed by atoms with Gasteiger partial charge in [-0.2, -0.15) is 0 Å². The number of carbonyl (C=O) groups excluding carboxylic acids is 1. The molecule has 2 heterocycles. The Morgan fingerprint density at radius 1 is 1.38 bits per heavy atom. The fourth-order valence-electron chi connectivity index (χ4n) is 1.94. The molecule has 2 rings (SSSR count). The summed E-state index contributed by atoms with van der Waals surface area (Å²) in [5.74, 6) is -0.376. The summed E-state index contributed by atoms with van der Waals surface area (Å²) in [7, 11) is 0. The van der Waals surface area contributed by atoms with Crippen LogP contribution in [0, 0.1) is 0 Å². The second kappa shape index (κ2) is 5.99. The molecule has 0 atom stereocenters. The Balaban J connectivity index is 2.49. The smallest absolute Gasteiger partial charge is 0.351 e. The van der Waals surface area contributed by atoms with Crippen molar-refractivity contribution in [3.05, 3.63) is 26.9 Å². The highest BCUT2D eigenvalue weighted by atomic mass is 35.5. The molecule has 114 valence electrons. The molecule has 6 heteroatoms. The largest absolute Gasteiger partial charge is 0.456 e. The average molecular weight is 344 g/mol. The maximum Gasteiger partial charge on any atom is 0.351 e. The predicted octanol–water partition coefficient (Wildman–Crippen LogP) is 5.23. The van der Waals surface area contributed by atoms with Crippen molar-refractivity contribution in [3.8, 4) is 9.75 Å². The van der Waals surface area contributed by atoms with Crippen LogP contribution < -0.4 is 5.73 Å². The van der Waals surface area contributed by atoms with E-state index in [0.29, 0.717) is 15.6 Å². The van der Waals surface area contributed by atoms with Crippen LogP contribution in [0.3, 0.4) is 0 Å². The van der Waals surface area contributed by atoms with Crippen molar-refractivity contribution >= 4 is 45.9 Å². The number of carbonyl (C=O) groups is 1. The van der Waals surface area contributed by atoms with Gasteiger partial charge in [0.25, 0.3) is 0 Å². The third kappa shape index (κ3) is 3.42. The molecule has 0 aliphatic heterocycles. The molecule has 2 aromatic rings. The lowest BCUT2D eigenvalue weighted by Crippen LogP contribution is -2.23. The molecule has 0 aliphatic carbocycles. The highest BCUT2D eigenvalue weighted by Crippen LogP contribution is 2.44. The number of hydrogen-bond acceptors (Lipinski definition) is 5. The Morgan fingerprint density at radius 3 is 2.52 bits per heavy atom. The van der Waals surface area contributed by atoms with Gasteiger partial charge >= 0.3 is 5.97 Å². The molecule has 3 nitrogen and oxygen atoms in total. The summed E-state index contributed by atoms with van der Waals surface area (Å²) >= 11 is 9.12. The molecule has 0 saturated carbocycles. The summed E-state index contributed by atoms with van der Waals surface area (Å²) in [4.78, 5) is 14.7. The molecule has 0 aromatic carbocycles. The number of esters is 1. The molecule has 0 fully saturated rings. The van der Waals surface area contributed by atoms with Crippen LogP contribution >= 0.6 is 34.3 Å². The van der Waals surface area contributed by atoms with E-state index >= 15 is 0 Å². The lowest BCUT2D eigenvalue weighted by molar-refractivity contribution is 0.00763. The van der Waals surface area contributed by atoms with Crippen molar-refractivity contribution in [2.75, 3.05) is 5.73 Å². The molecule has 0 aliphatic rings. The second-order valence-corrected chi connectivity index (χ2v) is 7.95. The van der Waals surface area contributed by atoms with E-state index in [2.05, 4.69) is 0 Å². The van der Waals surface area contributed by atoms with Crippen LogP contribution in [0.15, 0.2) is 11.4 Å². The SMILES string of the molecule is CCc1c(-c2sccc2Cl)sc(C(=O)OC(C)(C)C)c1N. The Labute approximate surface area is 137 Å². The normalized spacial score (nSPS) is 11.7. The predicted molar refractivity (Wildman–Crippen MR) is 91.6 cm³/mol. The molecule has 2 aromatic heterocycles. The van der Waals surface area contributed by atoms with Crippen LogP contribution in [-0.4, -0.2) is 11.6 Å². The van der Waals surface area contributed by atoms with Gasteiger partial charge < -0.3 is 10.5 Å². The topological polar surface area (TPSA) is 52.3 Å². The highest BCUT2D eigenvalue weighted by Gasteiger charge is 2.26. The van der Waals surface area contributed by atoms with E-state index in [4.69, 9.17) is 22.1 Å². The maximum absolute atomic E-state index is 12.3. The first kappa shape index (κ1) is 16.3. The first-order valence-electron chi connectivity index (χ1n) is 6.62. The number of anilines is 1. The summed E-state index contributed by atoms with van der Waals surface area (Å²) in [6, 6.07) is 1.85. The molecule has 2 N–H and O–H groups in total.